The number of nitrogens with one attached hydrogen (secondary N) is 2. The molecule has 0 fully saturated rings. The SMILES string of the molecule is CNCCN(C)CC(=O)Nc1sc(C)c(C)c1C#N. The van der Waals surface area contributed by atoms with Crippen LogP contribution in [-0.4, -0.2) is 44.5 Å². The number of hydrogen-bond acceptors (Lipinski definition) is 5. The summed E-state index contributed by atoms with van der Waals surface area (Å²) in [5, 5.41) is 15.6. The zero-order valence-corrected chi connectivity index (χ0v) is 12.6. The third-order valence-corrected chi connectivity index (χ3v) is 4.03. The largest absolute Gasteiger partial charge is 0.318 e. The molecule has 104 valence electrons. The third-order valence-electron chi connectivity index (χ3n) is 2.91. The highest BCUT2D eigenvalue weighted by atomic mass is 32.1. The number of hydrogen-bond donors (Lipinski definition) is 2. The van der Waals surface area contributed by atoms with E-state index < -0.39 is 0 Å². The molecular formula is C13H20N4OS. The number of nitriles is 1. The van der Waals surface area contributed by atoms with E-state index in [1.165, 1.54) is 11.3 Å². The fourth-order valence-electron chi connectivity index (χ4n) is 1.64. The Morgan fingerprint density at radius 2 is 2.16 bits per heavy atom. The van der Waals surface area contributed by atoms with E-state index in [2.05, 4.69) is 16.7 Å². The molecule has 0 saturated heterocycles. The van der Waals surface area contributed by atoms with Crippen molar-refractivity contribution < 1.29 is 4.79 Å². The van der Waals surface area contributed by atoms with E-state index in [1.807, 2.05) is 32.8 Å². The second-order valence-corrected chi connectivity index (χ2v) is 5.71. The maximum absolute atomic E-state index is 11.9. The highest BCUT2D eigenvalue weighted by molar-refractivity contribution is 7.16. The lowest BCUT2D eigenvalue weighted by Gasteiger charge is -2.15. The number of amides is 1. The van der Waals surface area contributed by atoms with Crippen molar-refractivity contribution in [3.05, 3.63) is 16.0 Å². The summed E-state index contributed by atoms with van der Waals surface area (Å²) in [5.74, 6) is -0.0867. The van der Waals surface area contributed by atoms with Crippen LogP contribution < -0.4 is 10.6 Å². The van der Waals surface area contributed by atoms with Gasteiger partial charge in [0.1, 0.15) is 11.1 Å². The smallest absolute Gasteiger partial charge is 0.239 e. The van der Waals surface area contributed by atoms with Gasteiger partial charge in [0.15, 0.2) is 0 Å². The maximum atomic E-state index is 11.9. The minimum absolute atomic E-state index is 0.0867. The van der Waals surface area contributed by atoms with Gasteiger partial charge in [-0.3, -0.25) is 9.69 Å². The van der Waals surface area contributed by atoms with Crippen LogP contribution in [-0.2, 0) is 4.79 Å². The molecule has 1 rings (SSSR count). The molecule has 0 aliphatic rings. The molecule has 1 heterocycles. The van der Waals surface area contributed by atoms with Crippen LogP contribution in [0, 0.1) is 25.2 Å². The summed E-state index contributed by atoms with van der Waals surface area (Å²) in [6.07, 6.45) is 0. The second-order valence-electron chi connectivity index (χ2n) is 4.49. The monoisotopic (exact) mass is 280 g/mol. The minimum atomic E-state index is -0.0867. The first-order valence-corrected chi connectivity index (χ1v) is 6.94. The van der Waals surface area contributed by atoms with E-state index >= 15 is 0 Å². The molecule has 0 unspecified atom stereocenters. The average Bonchev–Trinajstić information content (AvgIpc) is 2.61. The number of carbonyl (C=O) groups is 1. The summed E-state index contributed by atoms with van der Waals surface area (Å²) in [4.78, 5) is 14.9. The maximum Gasteiger partial charge on any atom is 0.239 e. The second kappa shape index (κ2) is 7.24. The average molecular weight is 280 g/mol. The molecule has 1 amide bonds. The van der Waals surface area contributed by atoms with E-state index in [9.17, 15) is 4.79 Å². The molecule has 1 aromatic heterocycles. The first-order chi connectivity index (χ1) is 8.99. The molecular weight excluding hydrogens is 260 g/mol. The Morgan fingerprint density at radius 3 is 2.74 bits per heavy atom. The molecule has 6 heteroatoms. The minimum Gasteiger partial charge on any atom is -0.318 e. The van der Waals surface area contributed by atoms with Crippen LogP contribution in [0.15, 0.2) is 0 Å². The van der Waals surface area contributed by atoms with Crippen LogP contribution in [0.5, 0.6) is 0 Å². The van der Waals surface area contributed by atoms with Crippen molar-refractivity contribution in [1.82, 2.24) is 10.2 Å². The van der Waals surface area contributed by atoms with Crippen molar-refractivity contribution in [3.63, 3.8) is 0 Å². The number of likely N-dealkylation sites (N-methyl/N-ethyl adjacent to an activating group) is 2. The van der Waals surface area contributed by atoms with Crippen LogP contribution in [0.25, 0.3) is 0 Å². The van der Waals surface area contributed by atoms with Crippen molar-refractivity contribution >= 4 is 22.2 Å². The molecule has 19 heavy (non-hydrogen) atoms. The number of thiophene rings is 1. The van der Waals surface area contributed by atoms with E-state index in [1.54, 1.807) is 0 Å². The van der Waals surface area contributed by atoms with Crippen molar-refractivity contribution in [3.8, 4) is 6.07 Å². The Labute approximate surface area is 118 Å². The number of aryl methyl sites for hydroxylation is 1. The van der Waals surface area contributed by atoms with Gasteiger partial charge in [-0.1, -0.05) is 0 Å². The van der Waals surface area contributed by atoms with Crippen LogP contribution in [0.1, 0.15) is 16.0 Å². The van der Waals surface area contributed by atoms with E-state index in [0.717, 1.165) is 23.5 Å². The lowest BCUT2D eigenvalue weighted by atomic mass is 10.2. The zero-order valence-electron chi connectivity index (χ0n) is 11.8. The quantitative estimate of drug-likeness (QED) is 0.825. The van der Waals surface area contributed by atoms with Gasteiger partial charge >= 0.3 is 0 Å². The van der Waals surface area contributed by atoms with Crippen molar-refractivity contribution in [2.24, 2.45) is 0 Å². The first kappa shape index (κ1) is 15.6. The lowest BCUT2D eigenvalue weighted by molar-refractivity contribution is -0.117. The zero-order chi connectivity index (χ0) is 14.4. The molecule has 0 bridgehead atoms. The number of anilines is 1. The number of rotatable bonds is 6. The van der Waals surface area contributed by atoms with Gasteiger partial charge in [-0.15, -0.1) is 11.3 Å². The van der Waals surface area contributed by atoms with E-state index in [-0.39, 0.29) is 5.91 Å². The molecule has 0 aliphatic carbocycles. The van der Waals surface area contributed by atoms with Crippen LogP contribution in [0.2, 0.25) is 0 Å². The Morgan fingerprint density at radius 1 is 1.47 bits per heavy atom. The molecule has 0 aliphatic heterocycles. The predicted octanol–water partition coefficient (Wildman–Crippen LogP) is 1.33. The van der Waals surface area contributed by atoms with Gasteiger partial charge in [-0.2, -0.15) is 5.26 Å². The number of nitrogens with zero attached hydrogens (tertiary/aromatic N) is 2. The molecule has 0 saturated carbocycles. The Kier molecular flexibility index (Phi) is 5.96. The molecule has 5 nitrogen and oxygen atoms in total. The van der Waals surface area contributed by atoms with Gasteiger partial charge in [0.25, 0.3) is 0 Å². The number of carbonyl (C=O) groups excluding carboxylic acids is 1. The van der Waals surface area contributed by atoms with Gasteiger partial charge in [0, 0.05) is 18.0 Å². The van der Waals surface area contributed by atoms with Crippen LogP contribution in [0.3, 0.4) is 0 Å². The van der Waals surface area contributed by atoms with Gasteiger partial charge in [-0.05, 0) is 33.5 Å². The standard InChI is InChI=1S/C13H20N4OS/c1-9-10(2)19-13(11(9)7-14)16-12(18)8-17(4)6-5-15-3/h15H,5-6,8H2,1-4H3,(H,16,18). The van der Waals surface area contributed by atoms with Gasteiger partial charge in [-0.25, -0.2) is 0 Å². The Hall–Kier alpha value is -1.42. The predicted molar refractivity (Wildman–Crippen MR) is 78.6 cm³/mol. The Balaban J connectivity index is 2.63. The molecule has 0 atom stereocenters. The summed E-state index contributed by atoms with van der Waals surface area (Å²) in [6, 6.07) is 2.15. The van der Waals surface area contributed by atoms with Crippen molar-refractivity contribution in [2.75, 3.05) is 39.0 Å². The van der Waals surface area contributed by atoms with Crippen LogP contribution >= 0.6 is 11.3 Å². The summed E-state index contributed by atoms with van der Waals surface area (Å²) in [6.45, 7) is 5.82. The summed E-state index contributed by atoms with van der Waals surface area (Å²) >= 11 is 1.45. The fraction of sp³-hybridized carbons (Fsp3) is 0.538. The summed E-state index contributed by atoms with van der Waals surface area (Å²) in [7, 11) is 3.78. The summed E-state index contributed by atoms with van der Waals surface area (Å²) in [5.41, 5.74) is 1.53. The summed E-state index contributed by atoms with van der Waals surface area (Å²) < 4.78 is 0. The van der Waals surface area contributed by atoms with Gasteiger partial charge < -0.3 is 10.6 Å². The van der Waals surface area contributed by atoms with Crippen LogP contribution in [0.4, 0.5) is 5.00 Å². The normalized spacial score (nSPS) is 10.5. The van der Waals surface area contributed by atoms with Crippen molar-refractivity contribution in [2.45, 2.75) is 13.8 Å². The van der Waals surface area contributed by atoms with Gasteiger partial charge in [0.2, 0.25) is 5.91 Å². The topological polar surface area (TPSA) is 68.2 Å². The first-order valence-electron chi connectivity index (χ1n) is 6.12. The van der Waals surface area contributed by atoms with Crippen molar-refractivity contribution in [1.29, 1.82) is 5.26 Å². The van der Waals surface area contributed by atoms with E-state index in [0.29, 0.717) is 17.1 Å². The molecule has 0 aromatic carbocycles. The molecule has 2 N–H and O–H groups in total. The highest BCUT2D eigenvalue weighted by Crippen LogP contribution is 2.31. The van der Waals surface area contributed by atoms with Gasteiger partial charge in [0.05, 0.1) is 12.1 Å². The third kappa shape index (κ3) is 4.31. The molecule has 0 spiro atoms. The molecule has 1 aromatic rings. The lowest BCUT2D eigenvalue weighted by Crippen LogP contribution is -2.34. The fourth-order valence-corrected chi connectivity index (χ4v) is 2.67. The van der Waals surface area contributed by atoms with E-state index in [4.69, 9.17) is 5.26 Å². The highest BCUT2D eigenvalue weighted by Gasteiger charge is 2.15. The molecule has 0 radical (unpaired) electrons. The Bertz CT molecular complexity index is 490.